The summed E-state index contributed by atoms with van der Waals surface area (Å²) in [7, 11) is 0. The molecule has 0 N–H and O–H groups in total. The molecule has 1 aliphatic heterocycles. The first-order chi connectivity index (χ1) is 12.1. The van der Waals surface area contributed by atoms with Crippen molar-refractivity contribution in [3.63, 3.8) is 0 Å². The second kappa shape index (κ2) is 6.62. The lowest BCUT2D eigenvalue weighted by Gasteiger charge is -2.35. The summed E-state index contributed by atoms with van der Waals surface area (Å²) >= 11 is 0. The van der Waals surface area contributed by atoms with Gasteiger partial charge in [-0.1, -0.05) is 6.42 Å². The SMILES string of the molecule is Cc1ccc(C(=O)N2CCC(n3c(C)cnc3C3CCC3)CC2)cn1. The molecule has 132 valence electrons. The molecule has 1 aliphatic carbocycles. The van der Waals surface area contributed by atoms with Gasteiger partial charge >= 0.3 is 0 Å². The monoisotopic (exact) mass is 338 g/mol. The van der Waals surface area contributed by atoms with Gasteiger partial charge in [0, 0.05) is 48.8 Å². The standard InChI is InChI=1S/C20H26N4O/c1-14-6-7-17(13-21-14)20(25)23-10-8-18(9-11-23)24-15(2)12-22-19(24)16-4-3-5-16/h6-7,12-13,16,18H,3-5,8-11H2,1-2H3. The van der Waals surface area contributed by atoms with Crippen molar-refractivity contribution in [2.45, 2.75) is 57.9 Å². The number of aryl methyl sites for hydroxylation is 2. The first-order valence-corrected chi connectivity index (χ1v) is 9.39. The minimum absolute atomic E-state index is 0.104. The Hall–Kier alpha value is -2.17. The van der Waals surface area contributed by atoms with Gasteiger partial charge < -0.3 is 9.47 Å². The van der Waals surface area contributed by atoms with Crippen LogP contribution in [0, 0.1) is 13.8 Å². The third-order valence-electron chi connectivity index (χ3n) is 5.76. The Labute approximate surface area is 149 Å². The van der Waals surface area contributed by atoms with Crippen molar-refractivity contribution in [2.24, 2.45) is 0 Å². The zero-order valence-corrected chi connectivity index (χ0v) is 15.1. The molecule has 0 atom stereocenters. The molecule has 0 aromatic carbocycles. The second-order valence-corrected chi connectivity index (χ2v) is 7.47. The van der Waals surface area contributed by atoms with Crippen LogP contribution in [0.3, 0.4) is 0 Å². The quantitative estimate of drug-likeness (QED) is 0.858. The van der Waals surface area contributed by atoms with Gasteiger partial charge in [-0.05, 0) is 51.7 Å². The zero-order chi connectivity index (χ0) is 17.4. The lowest BCUT2D eigenvalue weighted by Crippen LogP contribution is -2.39. The molecule has 0 spiro atoms. The maximum Gasteiger partial charge on any atom is 0.255 e. The van der Waals surface area contributed by atoms with Crippen LogP contribution in [0.1, 0.15) is 71.6 Å². The van der Waals surface area contributed by atoms with Crippen molar-refractivity contribution < 1.29 is 4.79 Å². The highest BCUT2D eigenvalue weighted by molar-refractivity contribution is 5.94. The number of likely N-dealkylation sites (tertiary alicyclic amines) is 1. The van der Waals surface area contributed by atoms with Crippen molar-refractivity contribution in [3.05, 3.63) is 47.3 Å². The highest BCUT2D eigenvalue weighted by Crippen LogP contribution is 2.38. The third-order valence-corrected chi connectivity index (χ3v) is 5.76. The Kier molecular flexibility index (Phi) is 4.32. The van der Waals surface area contributed by atoms with Crippen LogP contribution < -0.4 is 0 Å². The fourth-order valence-electron chi connectivity index (χ4n) is 4.01. The Morgan fingerprint density at radius 1 is 1.04 bits per heavy atom. The molecule has 1 saturated heterocycles. The third kappa shape index (κ3) is 3.08. The van der Waals surface area contributed by atoms with E-state index < -0.39 is 0 Å². The summed E-state index contributed by atoms with van der Waals surface area (Å²) in [6.45, 7) is 5.70. The highest BCUT2D eigenvalue weighted by atomic mass is 16.2. The smallest absolute Gasteiger partial charge is 0.255 e. The van der Waals surface area contributed by atoms with Gasteiger partial charge in [-0.2, -0.15) is 0 Å². The minimum atomic E-state index is 0.104. The highest BCUT2D eigenvalue weighted by Gasteiger charge is 2.30. The molecule has 2 aromatic heterocycles. The van der Waals surface area contributed by atoms with Crippen LogP contribution in [0.25, 0.3) is 0 Å². The Morgan fingerprint density at radius 2 is 1.80 bits per heavy atom. The van der Waals surface area contributed by atoms with Gasteiger partial charge in [-0.15, -0.1) is 0 Å². The number of imidazole rings is 1. The van der Waals surface area contributed by atoms with Crippen LogP contribution in [0.15, 0.2) is 24.5 Å². The van der Waals surface area contributed by atoms with Gasteiger partial charge in [0.05, 0.1) is 5.56 Å². The van der Waals surface area contributed by atoms with Crippen LogP contribution in [-0.4, -0.2) is 38.4 Å². The number of piperidine rings is 1. The molecule has 25 heavy (non-hydrogen) atoms. The molecule has 2 aromatic rings. The van der Waals surface area contributed by atoms with E-state index >= 15 is 0 Å². The molecule has 0 radical (unpaired) electrons. The molecule has 2 fully saturated rings. The van der Waals surface area contributed by atoms with E-state index in [1.807, 2.05) is 30.2 Å². The number of hydrogen-bond acceptors (Lipinski definition) is 3. The molecule has 0 bridgehead atoms. The van der Waals surface area contributed by atoms with Gasteiger partial charge in [-0.3, -0.25) is 9.78 Å². The van der Waals surface area contributed by atoms with E-state index in [0.717, 1.165) is 31.6 Å². The Bertz CT molecular complexity index is 753. The summed E-state index contributed by atoms with van der Waals surface area (Å²) in [5.74, 6) is 2.02. The maximum absolute atomic E-state index is 12.7. The molecule has 1 saturated carbocycles. The Morgan fingerprint density at radius 3 is 2.40 bits per heavy atom. The van der Waals surface area contributed by atoms with Crippen molar-refractivity contribution in [1.29, 1.82) is 0 Å². The largest absolute Gasteiger partial charge is 0.338 e. The van der Waals surface area contributed by atoms with Crippen LogP contribution in [-0.2, 0) is 0 Å². The van der Waals surface area contributed by atoms with Crippen molar-refractivity contribution in [2.75, 3.05) is 13.1 Å². The van der Waals surface area contributed by atoms with Gasteiger partial charge in [0.15, 0.2) is 0 Å². The van der Waals surface area contributed by atoms with Gasteiger partial charge in [0.25, 0.3) is 5.91 Å². The topological polar surface area (TPSA) is 51.0 Å². The fraction of sp³-hybridized carbons (Fsp3) is 0.550. The molecular weight excluding hydrogens is 312 g/mol. The molecule has 5 heteroatoms. The zero-order valence-electron chi connectivity index (χ0n) is 15.1. The first-order valence-electron chi connectivity index (χ1n) is 9.39. The van der Waals surface area contributed by atoms with E-state index in [1.54, 1.807) is 6.20 Å². The molecular formula is C20H26N4O. The van der Waals surface area contributed by atoms with E-state index in [9.17, 15) is 4.79 Å². The number of carbonyl (C=O) groups is 1. The lowest BCUT2D eigenvalue weighted by atomic mass is 9.84. The molecule has 4 rings (SSSR count). The molecule has 5 nitrogen and oxygen atoms in total. The number of aromatic nitrogens is 3. The molecule has 3 heterocycles. The maximum atomic E-state index is 12.7. The molecule has 1 amide bonds. The predicted molar refractivity (Wildman–Crippen MR) is 96.7 cm³/mol. The Balaban J connectivity index is 1.44. The van der Waals surface area contributed by atoms with Crippen molar-refractivity contribution in [1.82, 2.24) is 19.4 Å². The number of hydrogen-bond donors (Lipinski definition) is 0. The lowest BCUT2D eigenvalue weighted by molar-refractivity contribution is 0.0691. The summed E-state index contributed by atoms with van der Waals surface area (Å²) in [4.78, 5) is 23.6. The van der Waals surface area contributed by atoms with Gasteiger partial charge in [0.2, 0.25) is 0 Å². The van der Waals surface area contributed by atoms with Gasteiger partial charge in [-0.25, -0.2) is 4.98 Å². The van der Waals surface area contributed by atoms with Crippen molar-refractivity contribution in [3.8, 4) is 0 Å². The van der Waals surface area contributed by atoms with E-state index in [0.29, 0.717) is 17.5 Å². The van der Waals surface area contributed by atoms with Crippen LogP contribution in [0.2, 0.25) is 0 Å². The first kappa shape index (κ1) is 16.3. The normalized spacial score (nSPS) is 19.0. The minimum Gasteiger partial charge on any atom is -0.338 e. The van der Waals surface area contributed by atoms with E-state index in [2.05, 4.69) is 16.5 Å². The summed E-state index contributed by atoms with van der Waals surface area (Å²) < 4.78 is 2.46. The number of pyridine rings is 1. The summed E-state index contributed by atoms with van der Waals surface area (Å²) in [6, 6.07) is 4.25. The number of amides is 1. The number of nitrogens with zero attached hydrogens (tertiary/aromatic N) is 4. The van der Waals surface area contributed by atoms with E-state index in [-0.39, 0.29) is 5.91 Å². The summed E-state index contributed by atoms with van der Waals surface area (Å²) in [5, 5.41) is 0. The summed E-state index contributed by atoms with van der Waals surface area (Å²) in [6.07, 6.45) is 9.59. The fourth-order valence-corrected chi connectivity index (χ4v) is 4.01. The van der Waals surface area contributed by atoms with Crippen LogP contribution >= 0.6 is 0 Å². The van der Waals surface area contributed by atoms with Gasteiger partial charge in [0.1, 0.15) is 5.82 Å². The average Bonchev–Trinajstić information content (AvgIpc) is 2.95. The van der Waals surface area contributed by atoms with E-state index in [4.69, 9.17) is 4.98 Å². The predicted octanol–water partition coefficient (Wildman–Crippen LogP) is 3.64. The van der Waals surface area contributed by atoms with Crippen LogP contribution in [0.4, 0.5) is 0 Å². The average molecular weight is 338 g/mol. The number of carbonyl (C=O) groups excluding carboxylic acids is 1. The van der Waals surface area contributed by atoms with Crippen LogP contribution in [0.5, 0.6) is 0 Å². The molecule has 0 unspecified atom stereocenters. The summed E-state index contributed by atoms with van der Waals surface area (Å²) in [5.41, 5.74) is 2.89. The molecule has 2 aliphatic rings. The number of rotatable bonds is 3. The van der Waals surface area contributed by atoms with Crippen molar-refractivity contribution >= 4 is 5.91 Å². The van der Waals surface area contributed by atoms with E-state index in [1.165, 1.54) is 30.8 Å². The second-order valence-electron chi connectivity index (χ2n) is 7.47.